The fourth-order valence-corrected chi connectivity index (χ4v) is 4.23. The molecule has 1 aromatic heterocycles. The highest BCUT2D eigenvalue weighted by Gasteiger charge is 2.34. The molecule has 6 nitrogen and oxygen atoms in total. The van der Waals surface area contributed by atoms with E-state index in [1.807, 2.05) is 55.7 Å². The van der Waals surface area contributed by atoms with Gasteiger partial charge in [0.1, 0.15) is 11.3 Å². The summed E-state index contributed by atoms with van der Waals surface area (Å²) in [5, 5.41) is 3.31. The van der Waals surface area contributed by atoms with Crippen LogP contribution in [0.2, 0.25) is 5.02 Å². The Morgan fingerprint density at radius 1 is 1.03 bits per heavy atom. The number of anilines is 1. The first-order valence-electron chi connectivity index (χ1n) is 10.4. The predicted molar refractivity (Wildman–Crippen MR) is 134 cm³/mol. The molecule has 0 spiro atoms. The third kappa shape index (κ3) is 4.42. The number of benzene rings is 2. The molecule has 4 rings (SSSR count). The highest BCUT2D eigenvalue weighted by molar-refractivity contribution is 7.80. The molecule has 0 aliphatic carbocycles. The Balaban J connectivity index is 1.71. The van der Waals surface area contributed by atoms with Crippen molar-refractivity contribution in [3.63, 3.8) is 0 Å². The molecule has 0 unspecified atom stereocenters. The molecule has 0 saturated carbocycles. The van der Waals surface area contributed by atoms with Crippen molar-refractivity contribution < 1.29 is 14.3 Å². The molecule has 2 amide bonds. The summed E-state index contributed by atoms with van der Waals surface area (Å²) < 4.78 is 7.51. The fourth-order valence-electron chi connectivity index (χ4n) is 3.83. The molecule has 168 valence electrons. The third-order valence-electron chi connectivity index (χ3n) is 5.36. The molecule has 8 heteroatoms. The van der Waals surface area contributed by atoms with E-state index in [2.05, 4.69) is 5.32 Å². The van der Waals surface area contributed by atoms with E-state index in [4.69, 9.17) is 28.6 Å². The van der Waals surface area contributed by atoms with E-state index < -0.39 is 11.8 Å². The lowest BCUT2D eigenvalue weighted by Crippen LogP contribution is -2.54. The first-order chi connectivity index (χ1) is 15.8. The molecule has 0 atom stereocenters. The van der Waals surface area contributed by atoms with Gasteiger partial charge in [-0.2, -0.15) is 0 Å². The van der Waals surface area contributed by atoms with Crippen LogP contribution in [0.15, 0.2) is 60.2 Å². The van der Waals surface area contributed by atoms with Crippen molar-refractivity contribution in [1.29, 1.82) is 0 Å². The van der Waals surface area contributed by atoms with Gasteiger partial charge in [0, 0.05) is 22.1 Å². The number of aryl methyl sites for hydroxylation is 1. The van der Waals surface area contributed by atoms with Crippen LogP contribution in [-0.2, 0) is 9.59 Å². The van der Waals surface area contributed by atoms with E-state index in [1.165, 1.54) is 4.90 Å². The number of nitrogens with one attached hydrogen (secondary N) is 1. The molecule has 0 radical (unpaired) electrons. The van der Waals surface area contributed by atoms with Crippen molar-refractivity contribution in [2.24, 2.45) is 0 Å². The van der Waals surface area contributed by atoms with Crippen molar-refractivity contribution in [3.05, 3.63) is 82.1 Å². The van der Waals surface area contributed by atoms with E-state index in [0.29, 0.717) is 23.1 Å². The topological polar surface area (TPSA) is 63.6 Å². The second-order valence-corrected chi connectivity index (χ2v) is 8.35. The van der Waals surface area contributed by atoms with Crippen LogP contribution in [-0.4, -0.2) is 28.1 Å². The minimum Gasteiger partial charge on any atom is -0.494 e. The second kappa shape index (κ2) is 9.21. The van der Waals surface area contributed by atoms with E-state index >= 15 is 0 Å². The Morgan fingerprint density at radius 2 is 1.67 bits per heavy atom. The number of nitrogens with zero attached hydrogens (tertiary/aromatic N) is 2. The maximum Gasteiger partial charge on any atom is 0.270 e. The summed E-state index contributed by atoms with van der Waals surface area (Å²) in [6.07, 6.45) is 1.61. The zero-order valence-electron chi connectivity index (χ0n) is 18.4. The van der Waals surface area contributed by atoms with E-state index in [-0.39, 0.29) is 10.7 Å². The third-order valence-corrected chi connectivity index (χ3v) is 5.90. The Hall–Kier alpha value is -3.42. The highest BCUT2D eigenvalue weighted by atomic mass is 35.5. The lowest BCUT2D eigenvalue weighted by molar-refractivity contribution is -0.122. The van der Waals surface area contributed by atoms with Gasteiger partial charge < -0.3 is 9.30 Å². The van der Waals surface area contributed by atoms with Crippen molar-refractivity contribution in [2.45, 2.75) is 20.8 Å². The van der Waals surface area contributed by atoms with E-state index in [1.54, 1.807) is 30.3 Å². The number of carbonyl (C=O) groups excluding carboxylic acids is 2. The van der Waals surface area contributed by atoms with Gasteiger partial charge in [-0.1, -0.05) is 11.6 Å². The quantitative estimate of drug-likeness (QED) is 0.318. The van der Waals surface area contributed by atoms with Gasteiger partial charge in [0.15, 0.2) is 5.11 Å². The second-order valence-electron chi connectivity index (χ2n) is 7.52. The Morgan fingerprint density at radius 3 is 2.30 bits per heavy atom. The SMILES string of the molecule is CCOc1ccc(N2C(=O)/C(=C/c3cc(C)n(-c4ccc(Cl)cc4)c3C)C(=O)NC2=S)cc1. The van der Waals surface area contributed by atoms with Crippen LogP contribution in [0.3, 0.4) is 0 Å². The van der Waals surface area contributed by atoms with E-state index in [9.17, 15) is 9.59 Å². The van der Waals surface area contributed by atoms with Crippen LogP contribution in [0.5, 0.6) is 5.75 Å². The first kappa shape index (κ1) is 22.8. The first-order valence-corrected chi connectivity index (χ1v) is 11.2. The molecule has 2 heterocycles. The molecule has 0 bridgehead atoms. The van der Waals surface area contributed by atoms with Crippen LogP contribution >= 0.6 is 23.8 Å². The smallest absolute Gasteiger partial charge is 0.270 e. The fraction of sp³-hybridized carbons (Fsp3) is 0.160. The van der Waals surface area contributed by atoms with Gasteiger partial charge in [-0.15, -0.1) is 0 Å². The van der Waals surface area contributed by atoms with E-state index in [0.717, 1.165) is 22.6 Å². The van der Waals surface area contributed by atoms with Gasteiger partial charge in [-0.25, -0.2) is 0 Å². The Bertz CT molecular complexity index is 1280. The summed E-state index contributed by atoms with van der Waals surface area (Å²) >= 11 is 11.3. The maximum absolute atomic E-state index is 13.3. The largest absolute Gasteiger partial charge is 0.494 e. The molecule has 1 aliphatic rings. The Labute approximate surface area is 202 Å². The zero-order valence-corrected chi connectivity index (χ0v) is 20.0. The number of halogens is 1. The number of hydrogen-bond donors (Lipinski definition) is 1. The lowest BCUT2D eigenvalue weighted by atomic mass is 10.1. The summed E-state index contributed by atoms with van der Waals surface area (Å²) in [4.78, 5) is 27.3. The van der Waals surface area contributed by atoms with Crippen LogP contribution in [0.4, 0.5) is 5.69 Å². The average Bonchev–Trinajstić information content (AvgIpc) is 3.06. The molecule has 33 heavy (non-hydrogen) atoms. The molecule has 1 fully saturated rings. The molecule has 2 aromatic carbocycles. The standard InChI is InChI=1S/C25H22ClN3O3S/c1-4-32-21-11-9-20(10-12-21)29-24(31)22(23(30)27-25(29)33)14-17-13-15(2)28(16(17)3)19-7-5-18(26)6-8-19/h5-14H,4H2,1-3H3,(H,27,30,33)/b22-14+. The normalized spacial score (nSPS) is 15.2. The molecular formula is C25H22ClN3O3S. The van der Waals surface area contributed by atoms with Crippen LogP contribution in [0.1, 0.15) is 23.9 Å². The number of ether oxygens (including phenoxy) is 1. The van der Waals surface area contributed by atoms with Gasteiger partial charge in [0.05, 0.1) is 12.3 Å². The van der Waals surface area contributed by atoms with Crippen molar-refractivity contribution in [3.8, 4) is 11.4 Å². The highest BCUT2D eigenvalue weighted by Crippen LogP contribution is 2.27. The van der Waals surface area contributed by atoms with Crippen molar-refractivity contribution in [2.75, 3.05) is 11.5 Å². The minimum absolute atomic E-state index is 0.00819. The number of aromatic nitrogens is 1. The van der Waals surface area contributed by atoms with Gasteiger partial charge in [-0.3, -0.25) is 19.8 Å². The number of amides is 2. The van der Waals surface area contributed by atoms with Gasteiger partial charge in [0.25, 0.3) is 11.8 Å². The number of hydrogen-bond acceptors (Lipinski definition) is 4. The molecule has 3 aromatic rings. The monoisotopic (exact) mass is 479 g/mol. The van der Waals surface area contributed by atoms with Gasteiger partial charge in [-0.05, 0) is 99.2 Å². The summed E-state index contributed by atoms with van der Waals surface area (Å²) in [6.45, 7) is 6.34. The molecule has 1 saturated heterocycles. The predicted octanol–water partition coefficient (Wildman–Crippen LogP) is 4.98. The maximum atomic E-state index is 13.3. The zero-order chi connectivity index (χ0) is 23.7. The lowest BCUT2D eigenvalue weighted by Gasteiger charge is -2.29. The van der Waals surface area contributed by atoms with Crippen LogP contribution in [0.25, 0.3) is 11.8 Å². The summed E-state index contributed by atoms with van der Waals surface area (Å²) in [5.41, 5.74) is 4.11. The van der Waals surface area contributed by atoms with Gasteiger partial charge in [0.2, 0.25) is 0 Å². The Kier molecular flexibility index (Phi) is 6.35. The summed E-state index contributed by atoms with van der Waals surface area (Å²) in [7, 11) is 0. The molecular weight excluding hydrogens is 458 g/mol. The number of thiocarbonyl (C=S) groups is 1. The van der Waals surface area contributed by atoms with Crippen LogP contribution < -0.4 is 15.0 Å². The molecule has 1 N–H and O–H groups in total. The number of carbonyl (C=O) groups is 2. The van der Waals surface area contributed by atoms with Crippen LogP contribution in [0, 0.1) is 13.8 Å². The van der Waals surface area contributed by atoms with Crippen molar-refractivity contribution in [1.82, 2.24) is 9.88 Å². The summed E-state index contributed by atoms with van der Waals surface area (Å²) in [6, 6.07) is 16.4. The molecule has 1 aliphatic heterocycles. The number of rotatable bonds is 5. The average molecular weight is 480 g/mol. The summed E-state index contributed by atoms with van der Waals surface area (Å²) in [5.74, 6) is -0.321. The van der Waals surface area contributed by atoms with Gasteiger partial charge >= 0.3 is 0 Å². The minimum atomic E-state index is -0.525. The van der Waals surface area contributed by atoms with Crippen molar-refractivity contribution >= 4 is 52.5 Å².